The van der Waals surface area contributed by atoms with E-state index in [1.54, 1.807) is 0 Å². The molecule has 0 bridgehead atoms. The van der Waals surface area contributed by atoms with Crippen molar-refractivity contribution in [3.05, 3.63) is 0 Å². The van der Waals surface area contributed by atoms with E-state index in [1.807, 2.05) is 13.8 Å². The van der Waals surface area contributed by atoms with Crippen molar-refractivity contribution in [3.63, 3.8) is 0 Å². The van der Waals surface area contributed by atoms with Crippen LogP contribution in [0.2, 0.25) is 0 Å². The average molecular weight is 280 g/mol. The van der Waals surface area contributed by atoms with Gasteiger partial charge in [-0.15, -0.1) is 0 Å². The maximum atomic E-state index is 12.4. The molecular formula is C13H23F3N2O. The van der Waals surface area contributed by atoms with Gasteiger partial charge in [0, 0.05) is 12.5 Å². The molecule has 0 aromatic rings. The molecule has 0 unspecified atom stereocenters. The molecule has 1 aliphatic rings. The molecule has 1 aliphatic carbocycles. The number of hydrogen-bond acceptors (Lipinski definition) is 2. The summed E-state index contributed by atoms with van der Waals surface area (Å²) in [5.74, 6) is -0.384. The summed E-state index contributed by atoms with van der Waals surface area (Å²) in [7, 11) is 0. The SMILES string of the molecule is CC(C)(CCN)CCC(=O)N(CC(F)(F)F)C1CC1. The molecule has 0 atom stereocenters. The van der Waals surface area contributed by atoms with Crippen LogP contribution in [0, 0.1) is 5.41 Å². The third kappa shape index (κ3) is 6.27. The average Bonchev–Trinajstić information content (AvgIpc) is 3.05. The smallest absolute Gasteiger partial charge is 0.331 e. The fourth-order valence-electron chi connectivity index (χ4n) is 2.10. The second-order valence-electron chi connectivity index (χ2n) is 6.07. The summed E-state index contributed by atoms with van der Waals surface area (Å²) in [5, 5.41) is 0. The summed E-state index contributed by atoms with van der Waals surface area (Å²) in [6, 6.07) is -0.202. The molecule has 0 spiro atoms. The van der Waals surface area contributed by atoms with Gasteiger partial charge in [0.2, 0.25) is 5.91 Å². The highest BCUT2D eigenvalue weighted by Crippen LogP contribution is 2.32. The standard InChI is InChI=1S/C13H23F3N2O/c1-12(2,7-8-17)6-5-11(19)18(10-3-4-10)9-13(14,15)16/h10H,3-9,17H2,1-2H3. The van der Waals surface area contributed by atoms with Crippen LogP contribution in [0.25, 0.3) is 0 Å². The van der Waals surface area contributed by atoms with E-state index in [9.17, 15) is 18.0 Å². The van der Waals surface area contributed by atoms with E-state index in [1.165, 1.54) is 0 Å². The maximum absolute atomic E-state index is 12.4. The number of nitrogens with zero attached hydrogens (tertiary/aromatic N) is 1. The number of rotatable bonds is 7. The van der Waals surface area contributed by atoms with Crippen LogP contribution in [-0.2, 0) is 4.79 Å². The third-order valence-corrected chi connectivity index (χ3v) is 3.49. The highest BCUT2D eigenvalue weighted by molar-refractivity contribution is 5.77. The van der Waals surface area contributed by atoms with Crippen molar-refractivity contribution in [2.75, 3.05) is 13.1 Å². The van der Waals surface area contributed by atoms with E-state index in [4.69, 9.17) is 5.73 Å². The molecule has 1 saturated carbocycles. The zero-order valence-corrected chi connectivity index (χ0v) is 11.6. The van der Waals surface area contributed by atoms with Crippen LogP contribution in [0.15, 0.2) is 0 Å². The Hall–Kier alpha value is -0.780. The van der Waals surface area contributed by atoms with Crippen molar-refractivity contribution in [2.45, 2.75) is 58.2 Å². The molecule has 2 N–H and O–H groups in total. The molecule has 3 nitrogen and oxygen atoms in total. The summed E-state index contributed by atoms with van der Waals surface area (Å²) in [4.78, 5) is 12.9. The molecule has 1 rings (SSSR count). The van der Waals surface area contributed by atoms with E-state index in [2.05, 4.69) is 0 Å². The van der Waals surface area contributed by atoms with Gasteiger partial charge in [-0.1, -0.05) is 13.8 Å². The Morgan fingerprint density at radius 3 is 2.26 bits per heavy atom. The third-order valence-electron chi connectivity index (χ3n) is 3.49. The monoisotopic (exact) mass is 280 g/mol. The van der Waals surface area contributed by atoms with Gasteiger partial charge in [0.05, 0.1) is 0 Å². The summed E-state index contributed by atoms with van der Waals surface area (Å²) in [5.41, 5.74) is 5.38. The lowest BCUT2D eigenvalue weighted by Gasteiger charge is -2.27. The van der Waals surface area contributed by atoms with Crippen molar-refractivity contribution in [2.24, 2.45) is 11.1 Å². The fourth-order valence-corrected chi connectivity index (χ4v) is 2.10. The minimum atomic E-state index is -4.31. The molecule has 0 heterocycles. The molecule has 0 aliphatic heterocycles. The van der Waals surface area contributed by atoms with Gasteiger partial charge in [-0.05, 0) is 37.6 Å². The van der Waals surface area contributed by atoms with Crippen molar-refractivity contribution >= 4 is 5.91 Å². The summed E-state index contributed by atoms with van der Waals surface area (Å²) >= 11 is 0. The first-order chi connectivity index (χ1) is 8.64. The van der Waals surface area contributed by atoms with Gasteiger partial charge in [0.15, 0.2) is 0 Å². The molecule has 1 fully saturated rings. The second kappa shape index (κ2) is 6.11. The van der Waals surface area contributed by atoms with Crippen LogP contribution in [0.5, 0.6) is 0 Å². The Kier molecular flexibility index (Phi) is 5.24. The van der Waals surface area contributed by atoms with Crippen molar-refractivity contribution in [1.82, 2.24) is 4.90 Å². The van der Waals surface area contributed by atoms with Crippen molar-refractivity contribution < 1.29 is 18.0 Å². The van der Waals surface area contributed by atoms with Gasteiger partial charge in [-0.3, -0.25) is 4.79 Å². The number of alkyl halides is 3. The summed E-state index contributed by atoms with van der Waals surface area (Å²) in [6.45, 7) is 3.38. The molecule has 1 amide bonds. The lowest BCUT2D eigenvalue weighted by molar-refractivity contribution is -0.162. The lowest BCUT2D eigenvalue weighted by Crippen LogP contribution is -2.40. The minimum absolute atomic E-state index is 0.0993. The fraction of sp³-hybridized carbons (Fsp3) is 0.923. The Balaban J connectivity index is 2.49. The van der Waals surface area contributed by atoms with Crippen LogP contribution in [0.3, 0.4) is 0 Å². The molecule has 0 aromatic carbocycles. The summed E-state index contributed by atoms with van der Waals surface area (Å²) < 4.78 is 37.3. The normalized spacial score (nSPS) is 16.5. The van der Waals surface area contributed by atoms with Crippen molar-refractivity contribution in [3.8, 4) is 0 Å². The minimum Gasteiger partial charge on any atom is -0.331 e. The number of carbonyl (C=O) groups is 1. The number of amides is 1. The molecule has 19 heavy (non-hydrogen) atoms. The van der Waals surface area contributed by atoms with Gasteiger partial charge in [-0.25, -0.2) is 0 Å². The second-order valence-corrected chi connectivity index (χ2v) is 6.07. The molecule has 112 valence electrons. The molecule has 0 radical (unpaired) electrons. The predicted octanol–water partition coefficient (Wildman–Crippen LogP) is 2.69. The molecule has 0 saturated heterocycles. The Morgan fingerprint density at radius 1 is 1.26 bits per heavy atom. The van der Waals surface area contributed by atoms with Crippen LogP contribution in [0.4, 0.5) is 13.2 Å². The molecular weight excluding hydrogens is 257 g/mol. The van der Waals surface area contributed by atoms with Gasteiger partial charge >= 0.3 is 6.18 Å². The number of nitrogens with two attached hydrogens (primary N) is 1. The predicted molar refractivity (Wildman–Crippen MR) is 67.5 cm³/mol. The quantitative estimate of drug-likeness (QED) is 0.779. The van der Waals surface area contributed by atoms with Crippen molar-refractivity contribution in [1.29, 1.82) is 0 Å². The topological polar surface area (TPSA) is 46.3 Å². The van der Waals surface area contributed by atoms with E-state index >= 15 is 0 Å². The number of carbonyl (C=O) groups excluding carboxylic acids is 1. The Morgan fingerprint density at radius 2 is 1.84 bits per heavy atom. The van der Waals surface area contributed by atoms with Gasteiger partial charge in [0.25, 0.3) is 0 Å². The highest BCUT2D eigenvalue weighted by atomic mass is 19.4. The molecule has 0 aromatic heterocycles. The highest BCUT2D eigenvalue weighted by Gasteiger charge is 2.40. The van der Waals surface area contributed by atoms with Gasteiger partial charge in [-0.2, -0.15) is 13.2 Å². The first-order valence-electron chi connectivity index (χ1n) is 6.71. The van der Waals surface area contributed by atoms with E-state index < -0.39 is 12.7 Å². The Labute approximate surface area is 112 Å². The van der Waals surface area contributed by atoms with Gasteiger partial charge < -0.3 is 10.6 Å². The van der Waals surface area contributed by atoms with E-state index in [0.717, 1.165) is 11.3 Å². The summed E-state index contributed by atoms with van der Waals surface area (Å²) in [6.07, 6.45) is -1.43. The number of halogens is 3. The zero-order chi connectivity index (χ0) is 14.7. The van der Waals surface area contributed by atoms with Crippen LogP contribution < -0.4 is 5.73 Å². The lowest BCUT2D eigenvalue weighted by atomic mass is 9.84. The maximum Gasteiger partial charge on any atom is 0.406 e. The Bertz CT molecular complexity index is 312. The van der Waals surface area contributed by atoms with E-state index in [-0.39, 0.29) is 23.8 Å². The van der Waals surface area contributed by atoms with Crippen LogP contribution in [0.1, 0.15) is 46.0 Å². The van der Waals surface area contributed by atoms with Crippen LogP contribution in [-0.4, -0.2) is 36.1 Å². The van der Waals surface area contributed by atoms with Gasteiger partial charge in [0.1, 0.15) is 6.54 Å². The molecule has 6 heteroatoms. The number of hydrogen-bond donors (Lipinski definition) is 1. The first-order valence-corrected chi connectivity index (χ1v) is 6.71. The largest absolute Gasteiger partial charge is 0.406 e. The first kappa shape index (κ1) is 16.3. The van der Waals surface area contributed by atoms with E-state index in [0.29, 0.717) is 25.8 Å². The van der Waals surface area contributed by atoms with Crippen LogP contribution >= 0.6 is 0 Å². The zero-order valence-electron chi connectivity index (χ0n) is 11.6.